The van der Waals surface area contributed by atoms with Crippen LogP contribution in [0.5, 0.6) is 0 Å². The van der Waals surface area contributed by atoms with Crippen LogP contribution < -0.4 is 4.90 Å². The van der Waals surface area contributed by atoms with Crippen molar-refractivity contribution in [2.45, 2.75) is 44.6 Å². The molecule has 19 heavy (non-hydrogen) atoms. The number of nitrogens with zero attached hydrogens (tertiary/aromatic N) is 3. The molecule has 0 spiro atoms. The Hall–Kier alpha value is -1.09. The highest BCUT2D eigenvalue weighted by Gasteiger charge is 2.21. The summed E-state index contributed by atoms with van der Waals surface area (Å²) in [6, 6.07) is 5.10. The third-order valence-electron chi connectivity index (χ3n) is 4.61. The van der Waals surface area contributed by atoms with Gasteiger partial charge in [-0.25, -0.2) is 4.98 Å². The molecule has 0 aromatic carbocycles. The third-order valence-corrected chi connectivity index (χ3v) is 4.61. The molecule has 0 saturated carbocycles. The van der Waals surface area contributed by atoms with Gasteiger partial charge in [-0.05, 0) is 57.3 Å². The van der Waals surface area contributed by atoms with Crippen LogP contribution in [0.1, 0.15) is 50.1 Å². The Labute approximate surface area is 116 Å². The first-order valence-electron chi connectivity index (χ1n) is 7.76. The summed E-state index contributed by atoms with van der Waals surface area (Å²) in [5.74, 6) is 1.17. The number of likely N-dealkylation sites (tertiary alicyclic amines) is 1. The lowest BCUT2D eigenvalue weighted by atomic mass is 9.97. The van der Waals surface area contributed by atoms with Gasteiger partial charge >= 0.3 is 0 Å². The largest absolute Gasteiger partial charge is 0.357 e. The van der Waals surface area contributed by atoms with Crippen LogP contribution in [0.3, 0.4) is 0 Å². The van der Waals surface area contributed by atoms with Crippen molar-refractivity contribution in [1.82, 2.24) is 9.88 Å². The maximum absolute atomic E-state index is 4.71. The molecule has 3 rings (SSSR count). The van der Waals surface area contributed by atoms with E-state index in [2.05, 4.69) is 35.2 Å². The summed E-state index contributed by atoms with van der Waals surface area (Å²) in [5, 5.41) is 0. The lowest BCUT2D eigenvalue weighted by Gasteiger charge is -2.33. The molecule has 3 heteroatoms. The van der Waals surface area contributed by atoms with Crippen LogP contribution in [-0.2, 0) is 0 Å². The van der Waals surface area contributed by atoms with Crippen molar-refractivity contribution in [1.29, 1.82) is 0 Å². The van der Waals surface area contributed by atoms with Crippen molar-refractivity contribution in [3.05, 3.63) is 23.9 Å². The van der Waals surface area contributed by atoms with E-state index in [1.54, 1.807) is 0 Å². The standard InChI is InChI=1S/C16H25N3/c1-18-10-6-3-7-15(18)14-8-9-16(17-13-14)19-11-4-2-5-12-19/h8-9,13,15H,2-7,10-12H2,1H3/t15-/m1/s1. The van der Waals surface area contributed by atoms with Crippen molar-refractivity contribution in [2.24, 2.45) is 0 Å². The first-order valence-corrected chi connectivity index (χ1v) is 7.76. The predicted octanol–water partition coefficient (Wildman–Crippen LogP) is 3.23. The lowest BCUT2D eigenvalue weighted by molar-refractivity contribution is 0.187. The van der Waals surface area contributed by atoms with Gasteiger partial charge in [0.15, 0.2) is 0 Å². The maximum atomic E-state index is 4.71. The minimum Gasteiger partial charge on any atom is -0.357 e. The van der Waals surface area contributed by atoms with Crippen LogP contribution in [0, 0.1) is 0 Å². The summed E-state index contributed by atoms with van der Waals surface area (Å²) in [7, 11) is 2.24. The van der Waals surface area contributed by atoms with Crippen LogP contribution in [0.25, 0.3) is 0 Å². The van der Waals surface area contributed by atoms with E-state index in [0.717, 1.165) is 0 Å². The zero-order valence-corrected chi connectivity index (χ0v) is 12.0. The van der Waals surface area contributed by atoms with Crippen molar-refractivity contribution < 1.29 is 0 Å². The first kappa shape index (κ1) is 12.9. The molecule has 0 amide bonds. The Bertz CT molecular complexity index is 395. The van der Waals surface area contributed by atoms with E-state index >= 15 is 0 Å². The molecule has 2 aliphatic heterocycles. The normalized spacial score (nSPS) is 25.5. The number of anilines is 1. The number of pyridine rings is 1. The molecule has 3 nitrogen and oxygen atoms in total. The zero-order valence-electron chi connectivity index (χ0n) is 12.0. The fourth-order valence-corrected chi connectivity index (χ4v) is 3.40. The van der Waals surface area contributed by atoms with Crippen LogP contribution in [-0.4, -0.2) is 36.6 Å². The second-order valence-corrected chi connectivity index (χ2v) is 5.99. The van der Waals surface area contributed by atoms with Gasteiger partial charge < -0.3 is 4.90 Å². The molecule has 1 atom stereocenters. The van der Waals surface area contributed by atoms with Crippen molar-refractivity contribution in [2.75, 3.05) is 31.6 Å². The summed E-state index contributed by atoms with van der Waals surface area (Å²) >= 11 is 0. The van der Waals surface area contributed by atoms with Gasteiger partial charge in [-0.1, -0.05) is 12.5 Å². The number of rotatable bonds is 2. The monoisotopic (exact) mass is 259 g/mol. The molecule has 0 N–H and O–H groups in total. The average Bonchev–Trinajstić information content (AvgIpc) is 2.49. The van der Waals surface area contributed by atoms with E-state index < -0.39 is 0 Å². The van der Waals surface area contributed by atoms with E-state index in [-0.39, 0.29) is 0 Å². The second kappa shape index (κ2) is 5.91. The van der Waals surface area contributed by atoms with Crippen molar-refractivity contribution >= 4 is 5.82 Å². The van der Waals surface area contributed by atoms with Crippen LogP contribution in [0.2, 0.25) is 0 Å². The van der Waals surface area contributed by atoms with E-state index in [1.807, 2.05) is 0 Å². The number of aromatic nitrogens is 1. The van der Waals surface area contributed by atoms with Crippen LogP contribution in [0.4, 0.5) is 5.82 Å². The highest BCUT2D eigenvalue weighted by molar-refractivity contribution is 5.40. The fourth-order valence-electron chi connectivity index (χ4n) is 3.40. The molecule has 0 aliphatic carbocycles. The molecule has 2 aliphatic rings. The fraction of sp³-hybridized carbons (Fsp3) is 0.688. The average molecular weight is 259 g/mol. The van der Waals surface area contributed by atoms with Gasteiger partial charge in [0.25, 0.3) is 0 Å². The summed E-state index contributed by atoms with van der Waals surface area (Å²) in [6.07, 6.45) is 10.1. The Morgan fingerprint density at radius 3 is 2.47 bits per heavy atom. The molecule has 0 radical (unpaired) electrons. The summed E-state index contributed by atoms with van der Waals surface area (Å²) < 4.78 is 0. The molecule has 0 bridgehead atoms. The minimum atomic E-state index is 0.580. The van der Waals surface area contributed by atoms with Gasteiger partial charge in [0.1, 0.15) is 5.82 Å². The van der Waals surface area contributed by atoms with Gasteiger partial charge in [0, 0.05) is 25.3 Å². The molecular weight excluding hydrogens is 234 g/mol. The number of hydrogen-bond donors (Lipinski definition) is 0. The third kappa shape index (κ3) is 2.92. The van der Waals surface area contributed by atoms with E-state index in [9.17, 15) is 0 Å². The summed E-state index contributed by atoms with van der Waals surface area (Å²) in [4.78, 5) is 9.61. The smallest absolute Gasteiger partial charge is 0.128 e. The van der Waals surface area contributed by atoms with E-state index in [4.69, 9.17) is 4.98 Å². The summed E-state index contributed by atoms with van der Waals surface area (Å²) in [6.45, 7) is 3.57. The Kier molecular flexibility index (Phi) is 4.02. The Morgan fingerprint density at radius 2 is 1.79 bits per heavy atom. The Balaban J connectivity index is 1.70. The zero-order chi connectivity index (χ0) is 13.1. The van der Waals surface area contributed by atoms with Gasteiger partial charge in [-0.15, -0.1) is 0 Å². The highest BCUT2D eigenvalue weighted by Crippen LogP contribution is 2.29. The lowest BCUT2D eigenvalue weighted by Crippen LogP contribution is -2.31. The molecule has 1 aromatic rings. The highest BCUT2D eigenvalue weighted by atomic mass is 15.2. The minimum absolute atomic E-state index is 0.580. The van der Waals surface area contributed by atoms with Gasteiger partial charge in [-0.2, -0.15) is 0 Å². The molecule has 3 heterocycles. The Morgan fingerprint density at radius 1 is 1.00 bits per heavy atom. The first-order chi connectivity index (χ1) is 9.34. The van der Waals surface area contributed by atoms with Crippen molar-refractivity contribution in [3.8, 4) is 0 Å². The molecule has 1 aromatic heterocycles. The molecular formula is C16H25N3. The van der Waals surface area contributed by atoms with E-state index in [0.29, 0.717) is 6.04 Å². The number of piperidine rings is 2. The van der Waals surface area contributed by atoms with Gasteiger partial charge in [0.05, 0.1) is 0 Å². The van der Waals surface area contributed by atoms with Crippen LogP contribution in [0.15, 0.2) is 18.3 Å². The number of hydrogen-bond acceptors (Lipinski definition) is 3. The SMILES string of the molecule is CN1CCCC[C@@H]1c1ccc(N2CCCCC2)nc1. The van der Waals surface area contributed by atoms with Gasteiger partial charge in [0.2, 0.25) is 0 Å². The second-order valence-electron chi connectivity index (χ2n) is 5.99. The van der Waals surface area contributed by atoms with Crippen LogP contribution >= 0.6 is 0 Å². The predicted molar refractivity (Wildman–Crippen MR) is 79.5 cm³/mol. The molecule has 2 saturated heterocycles. The maximum Gasteiger partial charge on any atom is 0.128 e. The molecule has 2 fully saturated rings. The molecule has 0 unspecified atom stereocenters. The van der Waals surface area contributed by atoms with E-state index in [1.165, 1.54) is 69.5 Å². The van der Waals surface area contributed by atoms with Crippen molar-refractivity contribution in [3.63, 3.8) is 0 Å². The van der Waals surface area contributed by atoms with Gasteiger partial charge in [-0.3, -0.25) is 4.90 Å². The molecule has 104 valence electrons. The quantitative estimate of drug-likeness (QED) is 0.813. The topological polar surface area (TPSA) is 19.4 Å². The summed E-state index contributed by atoms with van der Waals surface area (Å²) in [5.41, 5.74) is 1.39.